The summed E-state index contributed by atoms with van der Waals surface area (Å²) in [6.45, 7) is 3.76. The van der Waals surface area contributed by atoms with E-state index >= 15 is 0 Å². The van der Waals surface area contributed by atoms with E-state index in [0.29, 0.717) is 11.3 Å². The van der Waals surface area contributed by atoms with E-state index in [1.54, 1.807) is 31.2 Å². The van der Waals surface area contributed by atoms with Crippen LogP contribution >= 0.6 is 0 Å². The van der Waals surface area contributed by atoms with Gasteiger partial charge in [-0.05, 0) is 37.1 Å². The van der Waals surface area contributed by atoms with Gasteiger partial charge in [-0.15, -0.1) is 0 Å². The molecule has 110 valence electrons. The topological polar surface area (TPSA) is 75.4 Å². The van der Waals surface area contributed by atoms with Crippen molar-refractivity contribution in [3.05, 3.63) is 63.7 Å². The summed E-state index contributed by atoms with van der Waals surface area (Å²) in [5, 5.41) is 23.6. The van der Waals surface area contributed by atoms with Crippen LogP contribution in [0.15, 0.2) is 42.5 Å². The van der Waals surface area contributed by atoms with Gasteiger partial charge in [0.2, 0.25) is 0 Å². The van der Waals surface area contributed by atoms with E-state index < -0.39 is 0 Å². The van der Waals surface area contributed by atoms with E-state index in [4.69, 9.17) is 0 Å². The van der Waals surface area contributed by atoms with Crippen LogP contribution in [0, 0.1) is 17.0 Å². The minimum absolute atomic E-state index is 0.0351. The Bertz CT molecular complexity index is 638. The van der Waals surface area contributed by atoms with E-state index in [1.165, 1.54) is 0 Å². The number of aryl methyl sites for hydroxylation is 1. The van der Waals surface area contributed by atoms with Crippen molar-refractivity contribution < 1.29 is 10.0 Å². The second-order valence-electron chi connectivity index (χ2n) is 4.96. The number of hydrogen-bond acceptors (Lipinski definition) is 4. The number of phenols is 1. The van der Waals surface area contributed by atoms with Gasteiger partial charge in [-0.25, -0.2) is 0 Å². The van der Waals surface area contributed by atoms with Gasteiger partial charge in [-0.2, -0.15) is 0 Å². The fraction of sp³-hybridized carbons (Fsp3) is 0.250. The fourth-order valence-electron chi connectivity index (χ4n) is 2.22. The van der Waals surface area contributed by atoms with E-state index in [2.05, 4.69) is 5.32 Å². The molecule has 21 heavy (non-hydrogen) atoms. The van der Waals surface area contributed by atoms with Crippen LogP contribution in [-0.2, 0) is 0 Å². The first-order valence-corrected chi connectivity index (χ1v) is 6.81. The summed E-state index contributed by atoms with van der Waals surface area (Å²) in [7, 11) is 0. The standard InChI is InChI=1S/C16H18N2O3/c1-3-15(12-5-8-14(19)9-6-12)17-13-7-4-11(2)16(10-13)18(20)21/h4-10,15,17,19H,3H2,1-2H3. The van der Waals surface area contributed by atoms with Crippen LogP contribution in [0.4, 0.5) is 11.4 Å². The van der Waals surface area contributed by atoms with Gasteiger partial charge in [0.05, 0.1) is 11.0 Å². The first-order valence-electron chi connectivity index (χ1n) is 6.81. The van der Waals surface area contributed by atoms with Crippen LogP contribution < -0.4 is 5.32 Å². The number of hydrogen-bond donors (Lipinski definition) is 2. The molecule has 0 fully saturated rings. The second kappa shape index (κ2) is 6.26. The molecule has 0 aromatic heterocycles. The average molecular weight is 286 g/mol. The van der Waals surface area contributed by atoms with Gasteiger partial charge in [-0.3, -0.25) is 10.1 Å². The van der Waals surface area contributed by atoms with Gasteiger partial charge in [0.25, 0.3) is 5.69 Å². The van der Waals surface area contributed by atoms with Crippen LogP contribution in [0.3, 0.4) is 0 Å². The molecule has 0 aliphatic carbocycles. The third-order valence-electron chi connectivity index (χ3n) is 3.45. The quantitative estimate of drug-likeness (QED) is 0.639. The summed E-state index contributed by atoms with van der Waals surface area (Å²) in [5.74, 6) is 0.222. The highest BCUT2D eigenvalue weighted by molar-refractivity contribution is 5.56. The lowest BCUT2D eigenvalue weighted by Gasteiger charge is -2.19. The molecule has 0 aliphatic rings. The van der Waals surface area contributed by atoms with E-state index in [1.807, 2.05) is 25.1 Å². The Morgan fingerprint density at radius 3 is 2.48 bits per heavy atom. The van der Waals surface area contributed by atoms with Crippen molar-refractivity contribution in [2.45, 2.75) is 26.3 Å². The Labute approximate surface area is 123 Å². The molecular weight excluding hydrogens is 268 g/mol. The van der Waals surface area contributed by atoms with Crippen LogP contribution in [0.5, 0.6) is 5.75 Å². The third-order valence-corrected chi connectivity index (χ3v) is 3.45. The number of phenolic OH excluding ortho intramolecular Hbond substituents is 1. The lowest BCUT2D eigenvalue weighted by Crippen LogP contribution is -2.09. The van der Waals surface area contributed by atoms with Crippen LogP contribution in [-0.4, -0.2) is 10.0 Å². The molecule has 0 spiro atoms. The number of rotatable bonds is 5. The molecule has 0 radical (unpaired) electrons. The monoisotopic (exact) mass is 286 g/mol. The SMILES string of the molecule is CCC(Nc1ccc(C)c([N+](=O)[O-])c1)c1ccc(O)cc1. The smallest absolute Gasteiger partial charge is 0.274 e. The third kappa shape index (κ3) is 3.51. The maximum Gasteiger partial charge on any atom is 0.274 e. The van der Waals surface area contributed by atoms with Gasteiger partial charge < -0.3 is 10.4 Å². The first kappa shape index (κ1) is 14.8. The number of nitrogens with zero attached hydrogens (tertiary/aromatic N) is 1. The van der Waals surface area contributed by atoms with Crippen LogP contribution in [0.1, 0.15) is 30.5 Å². The highest BCUT2D eigenvalue weighted by atomic mass is 16.6. The van der Waals surface area contributed by atoms with Gasteiger partial charge in [-0.1, -0.05) is 25.1 Å². The lowest BCUT2D eigenvalue weighted by atomic mass is 10.0. The van der Waals surface area contributed by atoms with Crippen molar-refractivity contribution in [1.29, 1.82) is 0 Å². The highest BCUT2D eigenvalue weighted by Crippen LogP contribution is 2.27. The molecule has 0 bridgehead atoms. The summed E-state index contributed by atoms with van der Waals surface area (Å²) >= 11 is 0. The van der Waals surface area contributed by atoms with Crippen molar-refractivity contribution in [2.75, 3.05) is 5.32 Å². The van der Waals surface area contributed by atoms with Gasteiger partial charge in [0.1, 0.15) is 5.75 Å². The first-order chi connectivity index (χ1) is 10.0. The Balaban J connectivity index is 2.24. The predicted octanol–water partition coefficient (Wildman–Crippen LogP) is 4.17. The lowest BCUT2D eigenvalue weighted by molar-refractivity contribution is -0.385. The van der Waals surface area contributed by atoms with Crippen molar-refractivity contribution in [3.63, 3.8) is 0 Å². The summed E-state index contributed by atoms with van der Waals surface area (Å²) in [6.07, 6.45) is 0.826. The van der Waals surface area contributed by atoms with Crippen molar-refractivity contribution >= 4 is 11.4 Å². The molecule has 0 aliphatic heterocycles. The Morgan fingerprint density at radius 1 is 1.24 bits per heavy atom. The number of aromatic hydroxyl groups is 1. The number of nitro groups is 1. The summed E-state index contributed by atoms with van der Waals surface area (Å²) in [5.41, 5.74) is 2.49. The zero-order chi connectivity index (χ0) is 15.4. The largest absolute Gasteiger partial charge is 0.508 e. The Hall–Kier alpha value is -2.56. The minimum Gasteiger partial charge on any atom is -0.508 e. The summed E-state index contributed by atoms with van der Waals surface area (Å²) < 4.78 is 0. The molecule has 2 aromatic carbocycles. The van der Waals surface area contributed by atoms with Gasteiger partial charge in [0, 0.05) is 17.3 Å². The normalized spacial score (nSPS) is 11.9. The number of anilines is 1. The molecule has 1 unspecified atom stereocenters. The molecule has 5 heteroatoms. The molecule has 2 N–H and O–H groups in total. The van der Waals surface area contributed by atoms with E-state index in [0.717, 1.165) is 12.0 Å². The molecule has 2 aromatic rings. The maximum atomic E-state index is 11.0. The fourth-order valence-corrected chi connectivity index (χ4v) is 2.22. The molecular formula is C16H18N2O3. The van der Waals surface area contributed by atoms with Gasteiger partial charge in [0.15, 0.2) is 0 Å². The van der Waals surface area contributed by atoms with E-state index in [9.17, 15) is 15.2 Å². The zero-order valence-electron chi connectivity index (χ0n) is 12.0. The number of nitro benzene ring substituents is 1. The molecule has 0 saturated heterocycles. The zero-order valence-corrected chi connectivity index (χ0v) is 12.0. The van der Waals surface area contributed by atoms with Crippen molar-refractivity contribution in [2.24, 2.45) is 0 Å². The number of nitrogens with one attached hydrogen (secondary N) is 1. The van der Waals surface area contributed by atoms with Crippen molar-refractivity contribution in [1.82, 2.24) is 0 Å². The minimum atomic E-state index is -0.373. The number of benzene rings is 2. The summed E-state index contributed by atoms with van der Waals surface area (Å²) in [6, 6.07) is 12.1. The average Bonchev–Trinajstić information content (AvgIpc) is 2.47. The predicted molar refractivity (Wildman–Crippen MR) is 82.6 cm³/mol. The molecule has 2 rings (SSSR count). The van der Waals surface area contributed by atoms with Crippen LogP contribution in [0.2, 0.25) is 0 Å². The molecule has 0 amide bonds. The van der Waals surface area contributed by atoms with Gasteiger partial charge >= 0.3 is 0 Å². The van der Waals surface area contributed by atoms with Crippen LogP contribution in [0.25, 0.3) is 0 Å². The Kier molecular flexibility index (Phi) is 4.42. The molecule has 0 heterocycles. The van der Waals surface area contributed by atoms with Crippen molar-refractivity contribution in [3.8, 4) is 5.75 Å². The molecule has 0 saturated carbocycles. The molecule has 5 nitrogen and oxygen atoms in total. The highest BCUT2D eigenvalue weighted by Gasteiger charge is 2.14. The Morgan fingerprint density at radius 2 is 1.90 bits per heavy atom. The second-order valence-corrected chi connectivity index (χ2v) is 4.96. The molecule has 1 atom stereocenters. The maximum absolute atomic E-state index is 11.0. The van der Waals surface area contributed by atoms with E-state index in [-0.39, 0.29) is 22.4 Å². The summed E-state index contributed by atoms with van der Waals surface area (Å²) in [4.78, 5) is 10.6.